The number of amides is 1. The van der Waals surface area contributed by atoms with Gasteiger partial charge in [0.15, 0.2) is 0 Å². The van der Waals surface area contributed by atoms with Crippen molar-refractivity contribution in [3.63, 3.8) is 0 Å². The van der Waals surface area contributed by atoms with E-state index in [0.717, 1.165) is 43.0 Å². The molecule has 1 fully saturated rings. The van der Waals surface area contributed by atoms with Crippen LogP contribution in [0, 0.1) is 18.7 Å². The number of hydrogen-bond donors (Lipinski definition) is 1. The summed E-state index contributed by atoms with van der Waals surface area (Å²) in [5.41, 5.74) is 3.31. The van der Waals surface area contributed by atoms with Crippen LogP contribution in [0.1, 0.15) is 29.9 Å². The van der Waals surface area contributed by atoms with Crippen molar-refractivity contribution in [3.05, 3.63) is 71.4 Å². The van der Waals surface area contributed by atoms with Gasteiger partial charge in [-0.3, -0.25) is 9.69 Å². The molecule has 2 heterocycles. The third-order valence-corrected chi connectivity index (χ3v) is 6.85. The Kier molecular flexibility index (Phi) is 8.12. The molecule has 0 aliphatic carbocycles. The van der Waals surface area contributed by atoms with E-state index in [0.29, 0.717) is 24.8 Å². The van der Waals surface area contributed by atoms with Crippen molar-refractivity contribution in [1.82, 2.24) is 20.4 Å². The minimum atomic E-state index is -0.296. The number of nitrogens with zero attached hydrogens (tertiary/aromatic N) is 3. The first kappa shape index (κ1) is 23.4. The molecule has 0 saturated carbocycles. The Morgan fingerprint density at radius 3 is 2.61 bits per heavy atom. The van der Waals surface area contributed by atoms with Crippen LogP contribution in [-0.4, -0.2) is 46.3 Å². The SMILES string of the molecule is Cc1ccc(CSCCNC(=O)C2CCN(Cc3nc(-c4ccc(F)cc4)no3)CC2)cc1. The lowest BCUT2D eigenvalue weighted by Crippen LogP contribution is -2.40. The molecule has 6 nitrogen and oxygen atoms in total. The van der Waals surface area contributed by atoms with Crippen LogP contribution in [0.25, 0.3) is 11.4 Å². The number of nitrogens with one attached hydrogen (secondary N) is 1. The number of rotatable bonds is 9. The number of thioether (sulfide) groups is 1. The highest BCUT2D eigenvalue weighted by molar-refractivity contribution is 7.98. The average molecular weight is 469 g/mol. The number of likely N-dealkylation sites (tertiary alicyclic amines) is 1. The topological polar surface area (TPSA) is 71.3 Å². The molecular weight excluding hydrogens is 439 g/mol. The first-order valence-corrected chi connectivity index (χ1v) is 12.4. The Morgan fingerprint density at radius 2 is 1.88 bits per heavy atom. The van der Waals surface area contributed by atoms with Crippen LogP contribution in [0.15, 0.2) is 53.1 Å². The van der Waals surface area contributed by atoms with E-state index < -0.39 is 0 Å². The van der Waals surface area contributed by atoms with Crippen molar-refractivity contribution >= 4 is 17.7 Å². The molecule has 1 N–H and O–H groups in total. The Bertz CT molecular complexity index is 1030. The van der Waals surface area contributed by atoms with Gasteiger partial charge in [0.25, 0.3) is 0 Å². The molecule has 174 valence electrons. The molecular formula is C25H29FN4O2S. The minimum Gasteiger partial charge on any atom is -0.355 e. The van der Waals surface area contributed by atoms with E-state index in [1.807, 2.05) is 11.8 Å². The number of aryl methyl sites for hydroxylation is 1. The number of hydrogen-bond acceptors (Lipinski definition) is 6. The normalized spacial score (nSPS) is 15.0. The molecule has 1 saturated heterocycles. The standard InChI is InChI=1S/C25H29FN4O2S/c1-18-2-4-19(5-3-18)17-33-15-12-27-25(31)21-10-13-30(14-11-21)16-23-28-24(29-32-23)20-6-8-22(26)9-7-20/h2-9,21H,10-17H2,1H3,(H,27,31). The smallest absolute Gasteiger partial charge is 0.241 e. The van der Waals surface area contributed by atoms with Gasteiger partial charge >= 0.3 is 0 Å². The molecule has 0 bridgehead atoms. The summed E-state index contributed by atoms with van der Waals surface area (Å²) in [6.07, 6.45) is 1.64. The summed E-state index contributed by atoms with van der Waals surface area (Å²) in [5, 5.41) is 7.09. The van der Waals surface area contributed by atoms with Gasteiger partial charge in [-0.25, -0.2) is 4.39 Å². The Balaban J connectivity index is 1.13. The van der Waals surface area contributed by atoms with Crippen molar-refractivity contribution in [2.45, 2.75) is 32.1 Å². The maximum Gasteiger partial charge on any atom is 0.241 e. The van der Waals surface area contributed by atoms with Crippen LogP contribution < -0.4 is 5.32 Å². The van der Waals surface area contributed by atoms with Crippen molar-refractivity contribution in [1.29, 1.82) is 0 Å². The van der Waals surface area contributed by atoms with E-state index in [4.69, 9.17) is 4.52 Å². The van der Waals surface area contributed by atoms with E-state index in [-0.39, 0.29) is 17.6 Å². The predicted molar refractivity (Wildman–Crippen MR) is 128 cm³/mol. The number of halogens is 1. The summed E-state index contributed by atoms with van der Waals surface area (Å²) in [7, 11) is 0. The van der Waals surface area contributed by atoms with Crippen molar-refractivity contribution in [2.75, 3.05) is 25.4 Å². The highest BCUT2D eigenvalue weighted by Gasteiger charge is 2.25. The summed E-state index contributed by atoms with van der Waals surface area (Å²) in [4.78, 5) is 19.2. The van der Waals surface area contributed by atoms with Gasteiger partial charge in [-0.2, -0.15) is 16.7 Å². The average Bonchev–Trinajstić information content (AvgIpc) is 3.29. The van der Waals surface area contributed by atoms with Gasteiger partial charge in [0, 0.05) is 29.5 Å². The molecule has 0 radical (unpaired) electrons. The van der Waals surface area contributed by atoms with Gasteiger partial charge in [0.05, 0.1) is 6.54 Å². The number of carbonyl (C=O) groups is 1. The lowest BCUT2D eigenvalue weighted by molar-refractivity contribution is -0.126. The van der Waals surface area contributed by atoms with Gasteiger partial charge in [-0.15, -0.1) is 0 Å². The van der Waals surface area contributed by atoms with E-state index in [2.05, 4.69) is 51.5 Å². The first-order chi connectivity index (χ1) is 16.1. The van der Waals surface area contributed by atoms with Crippen LogP contribution in [0.4, 0.5) is 4.39 Å². The third kappa shape index (κ3) is 6.88. The van der Waals surface area contributed by atoms with E-state index in [1.54, 1.807) is 12.1 Å². The zero-order valence-corrected chi connectivity index (χ0v) is 19.6. The number of benzene rings is 2. The summed E-state index contributed by atoms with van der Waals surface area (Å²) in [6.45, 7) is 4.97. The maximum atomic E-state index is 13.1. The fourth-order valence-electron chi connectivity index (χ4n) is 3.84. The third-order valence-electron chi connectivity index (χ3n) is 5.82. The summed E-state index contributed by atoms with van der Waals surface area (Å²) in [5.74, 6) is 2.78. The second-order valence-corrected chi connectivity index (χ2v) is 9.50. The Hall–Kier alpha value is -2.71. The number of piperidine rings is 1. The number of carbonyl (C=O) groups excluding carboxylic acids is 1. The zero-order valence-electron chi connectivity index (χ0n) is 18.8. The van der Waals surface area contributed by atoms with Gasteiger partial charge < -0.3 is 9.84 Å². The lowest BCUT2D eigenvalue weighted by atomic mass is 9.96. The summed E-state index contributed by atoms with van der Waals surface area (Å²) < 4.78 is 18.4. The second-order valence-electron chi connectivity index (χ2n) is 8.40. The van der Waals surface area contributed by atoms with E-state index >= 15 is 0 Å². The van der Waals surface area contributed by atoms with Crippen molar-refractivity contribution in [3.8, 4) is 11.4 Å². The van der Waals surface area contributed by atoms with E-state index in [9.17, 15) is 9.18 Å². The van der Waals surface area contributed by atoms with Crippen molar-refractivity contribution < 1.29 is 13.7 Å². The molecule has 8 heteroatoms. The molecule has 0 spiro atoms. The van der Waals surface area contributed by atoms with Gasteiger partial charge in [-0.1, -0.05) is 35.0 Å². The maximum absolute atomic E-state index is 13.1. The fraction of sp³-hybridized carbons (Fsp3) is 0.400. The van der Waals surface area contributed by atoms with Gasteiger partial charge in [-0.05, 0) is 62.7 Å². The summed E-state index contributed by atoms with van der Waals surface area (Å²) >= 11 is 1.84. The van der Waals surface area contributed by atoms with Crippen LogP contribution in [0.3, 0.4) is 0 Å². The monoisotopic (exact) mass is 468 g/mol. The van der Waals surface area contributed by atoms with Crippen molar-refractivity contribution in [2.24, 2.45) is 5.92 Å². The molecule has 0 unspecified atom stereocenters. The highest BCUT2D eigenvalue weighted by Crippen LogP contribution is 2.21. The van der Waals surface area contributed by atoms with E-state index in [1.165, 1.54) is 23.3 Å². The molecule has 1 amide bonds. The molecule has 2 aromatic carbocycles. The van der Waals surface area contributed by atoms with Crippen LogP contribution in [0.5, 0.6) is 0 Å². The fourth-order valence-corrected chi connectivity index (χ4v) is 4.66. The van der Waals surface area contributed by atoms with Gasteiger partial charge in [0.1, 0.15) is 5.82 Å². The molecule has 1 aromatic heterocycles. The highest BCUT2D eigenvalue weighted by atomic mass is 32.2. The first-order valence-electron chi connectivity index (χ1n) is 11.3. The molecule has 1 aliphatic heterocycles. The molecule has 1 aliphatic rings. The molecule has 0 atom stereocenters. The molecule has 33 heavy (non-hydrogen) atoms. The van der Waals surface area contributed by atoms with Gasteiger partial charge in [0.2, 0.25) is 17.6 Å². The van der Waals surface area contributed by atoms with Crippen LogP contribution in [-0.2, 0) is 17.1 Å². The molecule has 4 rings (SSSR count). The minimum absolute atomic E-state index is 0.0563. The Labute approximate surface area is 197 Å². The van der Waals surface area contributed by atoms with Crippen LogP contribution >= 0.6 is 11.8 Å². The quantitative estimate of drug-likeness (QED) is 0.468. The Morgan fingerprint density at radius 1 is 1.15 bits per heavy atom. The second kappa shape index (κ2) is 11.4. The predicted octanol–water partition coefficient (Wildman–Crippen LogP) is 4.45. The summed E-state index contributed by atoms with van der Waals surface area (Å²) in [6, 6.07) is 14.6. The van der Waals surface area contributed by atoms with Crippen LogP contribution in [0.2, 0.25) is 0 Å². The zero-order chi connectivity index (χ0) is 23.0. The number of aromatic nitrogens is 2. The largest absolute Gasteiger partial charge is 0.355 e. The lowest BCUT2D eigenvalue weighted by Gasteiger charge is -2.30. The molecule has 3 aromatic rings.